The number of nitrogens with one attached hydrogen (secondary N) is 1. The molecule has 18 heavy (non-hydrogen) atoms. The maximum absolute atomic E-state index is 12.2. The van der Waals surface area contributed by atoms with Gasteiger partial charge in [-0.3, -0.25) is 4.79 Å². The third kappa shape index (κ3) is 5.83. The van der Waals surface area contributed by atoms with E-state index in [0.29, 0.717) is 6.61 Å². The number of carbonyl (C=O) groups is 1. The van der Waals surface area contributed by atoms with Gasteiger partial charge in [-0.05, 0) is 33.6 Å². The molecular formula is C14H28N2O2. The quantitative estimate of drug-likeness (QED) is 0.737. The average molecular weight is 256 g/mol. The molecule has 4 nitrogen and oxygen atoms in total. The van der Waals surface area contributed by atoms with E-state index in [1.807, 2.05) is 25.7 Å². The summed E-state index contributed by atoms with van der Waals surface area (Å²) in [6.45, 7) is 9.23. The van der Waals surface area contributed by atoms with E-state index in [2.05, 4.69) is 5.32 Å². The fourth-order valence-corrected chi connectivity index (χ4v) is 2.22. The van der Waals surface area contributed by atoms with Gasteiger partial charge in [-0.25, -0.2) is 0 Å². The zero-order chi connectivity index (χ0) is 13.4. The summed E-state index contributed by atoms with van der Waals surface area (Å²) in [5.74, 6) is 0.237. The van der Waals surface area contributed by atoms with Crippen molar-refractivity contribution in [1.29, 1.82) is 0 Å². The molecule has 0 spiro atoms. The van der Waals surface area contributed by atoms with Crippen LogP contribution in [0, 0.1) is 0 Å². The van der Waals surface area contributed by atoms with E-state index in [-0.39, 0.29) is 18.1 Å². The predicted molar refractivity (Wildman–Crippen MR) is 73.6 cm³/mol. The van der Waals surface area contributed by atoms with Crippen LogP contribution in [0.1, 0.15) is 46.5 Å². The first kappa shape index (κ1) is 15.4. The first-order chi connectivity index (χ1) is 8.61. The molecule has 0 aromatic rings. The molecule has 0 aromatic heterocycles. The molecule has 1 atom stereocenters. The van der Waals surface area contributed by atoms with Crippen LogP contribution in [0.2, 0.25) is 0 Å². The zero-order valence-corrected chi connectivity index (χ0v) is 12.1. The molecule has 1 rings (SSSR count). The molecule has 1 aliphatic heterocycles. The number of rotatable bonds is 6. The third-order valence-electron chi connectivity index (χ3n) is 3.29. The lowest BCUT2D eigenvalue weighted by atomic mass is 10.2. The molecule has 4 heteroatoms. The Morgan fingerprint density at radius 3 is 2.33 bits per heavy atom. The highest BCUT2D eigenvalue weighted by Crippen LogP contribution is 2.10. The molecular weight excluding hydrogens is 228 g/mol. The molecule has 1 N–H and O–H groups in total. The summed E-state index contributed by atoms with van der Waals surface area (Å²) in [5.41, 5.74) is 0. The summed E-state index contributed by atoms with van der Waals surface area (Å²) < 4.78 is 5.45. The Morgan fingerprint density at radius 2 is 1.78 bits per heavy atom. The summed E-state index contributed by atoms with van der Waals surface area (Å²) in [7, 11) is 0. The molecule has 1 fully saturated rings. The summed E-state index contributed by atoms with van der Waals surface area (Å²) >= 11 is 0. The lowest BCUT2D eigenvalue weighted by molar-refractivity contribution is -0.133. The first-order valence-electron chi connectivity index (χ1n) is 7.25. The highest BCUT2D eigenvalue weighted by atomic mass is 16.5. The topological polar surface area (TPSA) is 41.6 Å². The Bertz CT molecular complexity index is 236. The zero-order valence-electron chi connectivity index (χ0n) is 12.1. The van der Waals surface area contributed by atoms with Gasteiger partial charge in [-0.1, -0.05) is 12.8 Å². The molecule has 1 aliphatic rings. The summed E-state index contributed by atoms with van der Waals surface area (Å²) in [5, 5.41) is 3.24. The van der Waals surface area contributed by atoms with E-state index in [1.165, 1.54) is 12.8 Å². The van der Waals surface area contributed by atoms with Crippen molar-refractivity contribution in [2.75, 3.05) is 26.2 Å². The van der Waals surface area contributed by atoms with Crippen LogP contribution < -0.4 is 5.32 Å². The number of carbonyl (C=O) groups excluding carboxylic acids is 1. The van der Waals surface area contributed by atoms with Crippen LogP contribution >= 0.6 is 0 Å². The molecule has 1 amide bonds. The minimum atomic E-state index is -0.0983. The third-order valence-corrected chi connectivity index (χ3v) is 3.29. The molecule has 0 saturated carbocycles. The molecule has 0 aliphatic carbocycles. The molecule has 1 unspecified atom stereocenters. The van der Waals surface area contributed by atoms with Crippen molar-refractivity contribution in [3.63, 3.8) is 0 Å². The second-order valence-corrected chi connectivity index (χ2v) is 5.33. The van der Waals surface area contributed by atoms with E-state index >= 15 is 0 Å². The number of likely N-dealkylation sites (tertiary alicyclic amines) is 1. The number of amides is 1. The van der Waals surface area contributed by atoms with Gasteiger partial charge in [0, 0.05) is 19.6 Å². The second kappa shape index (κ2) is 8.48. The van der Waals surface area contributed by atoms with Gasteiger partial charge < -0.3 is 15.0 Å². The van der Waals surface area contributed by atoms with Crippen LogP contribution in [0.3, 0.4) is 0 Å². The predicted octanol–water partition coefficient (Wildman–Crippen LogP) is 1.79. The normalized spacial score (nSPS) is 18.8. The van der Waals surface area contributed by atoms with E-state index < -0.39 is 0 Å². The van der Waals surface area contributed by atoms with Gasteiger partial charge in [0.15, 0.2) is 0 Å². The van der Waals surface area contributed by atoms with Gasteiger partial charge in [-0.2, -0.15) is 0 Å². The van der Waals surface area contributed by atoms with Gasteiger partial charge in [-0.15, -0.1) is 0 Å². The minimum Gasteiger partial charge on any atom is -0.377 e. The lowest BCUT2D eigenvalue weighted by Gasteiger charge is -2.24. The Balaban J connectivity index is 2.22. The van der Waals surface area contributed by atoms with Crippen molar-refractivity contribution in [3.05, 3.63) is 0 Å². The lowest BCUT2D eigenvalue weighted by Crippen LogP contribution is -2.46. The molecule has 0 bridgehead atoms. The number of hydrogen-bond donors (Lipinski definition) is 1. The van der Waals surface area contributed by atoms with Crippen LogP contribution in [0.4, 0.5) is 0 Å². The molecule has 106 valence electrons. The first-order valence-corrected chi connectivity index (χ1v) is 7.25. The monoisotopic (exact) mass is 256 g/mol. The van der Waals surface area contributed by atoms with Crippen LogP contribution in [0.5, 0.6) is 0 Å². The number of hydrogen-bond acceptors (Lipinski definition) is 3. The SMILES string of the molecule is CC(C)OCCNC(C)C(=O)N1CCCCCC1. The van der Waals surface area contributed by atoms with Crippen molar-refractivity contribution in [3.8, 4) is 0 Å². The second-order valence-electron chi connectivity index (χ2n) is 5.33. The highest BCUT2D eigenvalue weighted by molar-refractivity contribution is 5.81. The van der Waals surface area contributed by atoms with E-state index in [1.54, 1.807) is 0 Å². The van der Waals surface area contributed by atoms with Crippen LogP contribution in [-0.4, -0.2) is 49.2 Å². The van der Waals surface area contributed by atoms with Crippen LogP contribution in [0.15, 0.2) is 0 Å². The maximum atomic E-state index is 12.2. The van der Waals surface area contributed by atoms with E-state index in [9.17, 15) is 4.79 Å². The van der Waals surface area contributed by atoms with Crippen molar-refractivity contribution < 1.29 is 9.53 Å². The number of ether oxygens (including phenoxy) is 1. The smallest absolute Gasteiger partial charge is 0.239 e. The summed E-state index contributed by atoms with van der Waals surface area (Å²) in [6.07, 6.45) is 5.06. The van der Waals surface area contributed by atoms with E-state index in [0.717, 1.165) is 32.5 Å². The van der Waals surface area contributed by atoms with Gasteiger partial charge in [0.05, 0.1) is 18.8 Å². The highest BCUT2D eigenvalue weighted by Gasteiger charge is 2.20. The minimum absolute atomic E-state index is 0.0983. The standard InChI is InChI=1S/C14H28N2O2/c1-12(2)18-11-8-15-13(3)14(17)16-9-6-4-5-7-10-16/h12-13,15H,4-11H2,1-3H3. The van der Waals surface area contributed by atoms with Gasteiger partial charge >= 0.3 is 0 Å². The molecule has 0 radical (unpaired) electrons. The summed E-state index contributed by atoms with van der Waals surface area (Å²) in [4.78, 5) is 14.2. The van der Waals surface area contributed by atoms with Crippen molar-refractivity contribution >= 4 is 5.91 Å². The van der Waals surface area contributed by atoms with Crippen molar-refractivity contribution in [2.24, 2.45) is 0 Å². The average Bonchev–Trinajstić information content (AvgIpc) is 2.61. The van der Waals surface area contributed by atoms with Crippen LogP contribution in [0.25, 0.3) is 0 Å². The summed E-state index contributed by atoms with van der Waals surface area (Å²) in [6, 6.07) is -0.0983. The Morgan fingerprint density at radius 1 is 1.17 bits per heavy atom. The molecule has 1 heterocycles. The van der Waals surface area contributed by atoms with Gasteiger partial charge in [0.25, 0.3) is 0 Å². The maximum Gasteiger partial charge on any atom is 0.239 e. The molecule has 0 aromatic carbocycles. The fraction of sp³-hybridized carbons (Fsp3) is 0.929. The Kier molecular flexibility index (Phi) is 7.28. The largest absolute Gasteiger partial charge is 0.377 e. The number of nitrogens with zero attached hydrogens (tertiary/aromatic N) is 1. The molecule has 1 saturated heterocycles. The van der Waals surface area contributed by atoms with Crippen LogP contribution in [-0.2, 0) is 9.53 Å². The Labute approximate surface area is 111 Å². The van der Waals surface area contributed by atoms with Crippen molar-refractivity contribution in [1.82, 2.24) is 10.2 Å². The Hall–Kier alpha value is -0.610. The van der Waals surface area contributed by atoms with Gasteiger partial charge in [0.1, 0.15) is 0 Å². The van der Waals surface area contributed by atoms with Crippen molar-refractivity contribution in [2.45, 2.75) is 58.6 Å². The van der Waals surface area contributed by atoms with E-state index in [4.69, 9.17) is 4.74 Å². The van der Waals surface area contributed by atoms with Gasteiger partial charge in [0.2, 0.25) is 5.91 Å². The fourth-order valence-electron chi connectivity index (χ4n) is 2.22.